The molecule has 0 heterocycles. The lowest BCUT2D eigenvalue weighted by molar-refractivity contribution is -0.120. The van der Waals surface area contributed by atoms with Gasteiger partial charge in [0.2, 0.25) is 0 Å². The summed E-state index contributed by atoms with van der Waals surface area (Å²) in [5, 5.41) is 3.11. The molecule has 0 aliphatic rings. The van der Waals surface area contributed by atoms with Crippen molar-refractivity contribution in [3.8, 4) is 11.5 Å². The Labute approximate surface area is 179 Å². The standard InChI is InChI=1S/C21H26BrN3O4/c1-6-29-17-10-15(9-16(22)20(17)28-5)21(27)25-24-18(26)11-23-19-13(3)7-12(2)8-14(19)4/h7-10,23H,6,11H2,1-5H3,(H,24,26)(H,25,27). The number of ether oxygens (including phenoxy) is 2. The second-order valence-electron chi connectivity index (χ2n) is 6.55. The van der Waals surface area contributed by atoms with E-state index in [-0.39, 0.29) is 12.5 Å². The smallest absolute Gasteiger partial charge is 0.269 e. The number of methoxy groups -OCH3 is 1. The van der Waals surface area contributed by atoms with E-state index in [1.807, 2.05) is 39.8 Å². The van der Waals surface area contributed by atoms with Crippen LogP contribution in [0.3, 0.4) is 0 Å². The van der Waals surface area contributed by atoms with E-state index in [1.165, 1.54) is 12.7 Å². The van der Waals surface area contributed by atoms with Crippen molar-refractivity contribution in [1.82, 2.24) is 10.9 Å². The van der Waals surface area contributed by atoms with Crippen LogP contribution in [-0.2, 0) is 4.79 Å². The number of hydrogen-bond donors (Lipinski definition) is 3. The van der Waals surface area contributed by atoms with E-state index in [1.54, 1.807) is 12.1 Å². The third-order valence-corrected chi connectivity index (χ3v) is 4.78. The highest BCUT2D eigenvalue weighted by molar-refractivity contribution is 9.10. The Kier molecular flexibility index (Phi) is 7.90. The summed E-state index contributed by atoms with van der Waals surface area (Å²) in [4.78, 5) is 24.6. The SMILES string of the molecule is CCOc1cc(C(=O)NNC(=O)CNc2c(C)cc(C)cc2C)cc(Br)c1OC. The fraction of sp³-hybridized carbons (Fsp3) is 0.333. The van der Waals surface area contributed by atoms with Crippen molar-refractivity contribution in [3.05, 3.63) is 51.0 Å². The van der Waals surface area contributed by atoms with Gasteiger partial charge in [0.25, 0.3) is 11.8 Å². The maximum atomic E-state index is 12.4. The molecule has 0 fully saturated rings. The van der Waals surface area contributed by atoms with Crippen LogP contribution in [0.5, 0.6) is 11.5 Å². The normalized spacial score (nSPS) is 10.3. The van der Waals surface area contributed by atoms with Crippen molar-refractivity contribution >= 4 is 33.4 Å². The summed E-state index contributed by atoms with van der Waals surface area (Å²) in [5.74, 6) is 0.106. The Hall–Kier alpha value is -2.74. The van der Waals surface area contributed by atoms with Crippen LogP contribution < -0.4 is 25.6 Å². The van der Waals surface area contributed by atoms with E-state index < -0.39 is 5.91 Å². The summed E-state index contributed by atoms with van der Waals surface area (Å²) < 4.78 is 11.4. The monoisotopic (exact) mass is 463 g/mol. The molecule has 0 atom stereocenters. The number of amides is 2. The van der Waals surface area contributed by atoms with Gasteiger partial charge in [-0.3, -0.25) is 20.4 Å². The van der Waals surface area contributed by atoms with Crippen LogP contribution in [0.25, 0.3) is 0 Å². The molecule has 2 rings (SSSR count). The minimum atomic E-state index is -0.467. The van der Waals surface area contributed by atoms with Crippen molar-refractivity contribution in [1.29, 1.82) is 0 Å². The van der Waals surface area contributed by atoms with Gasteiger partial charge in [0, 0.05) is 11.3 Å². The molecule has 2 aromatic carbocycles. The maximum Gasteiger partial charge on any atom is 0.269 e. The summed E-state index contributed by atoms with van der Waals surface area (Å²) in [6.45, 7) is 8.29. The Bertz CT molecular complexity index is 892. The van der Waals surface area contributed by atoms with Crippen molar-refractivity contribution in [2.24, 2.45) is 0 Å². The van der Waals surface area contributed by atoms with Crippen molar-refractivity contribution in [3.63, 3.8) is 0 Å². The molecule has 0 aliphatic heterocycles. The van der Waals surface area contributed by atoms with E-state index in [4.69, 9.17) is 9.47 Å². The molecular weight excluding hydrogens is 438 g/mol. The first-order valence-corrected chi connectivity index (χ1v) is 9.97. The van der Waals surface area contributed by atoms with Crippen LogP contribution >= 0.6 is 15.9 Å². The fourth-order valence-electron chi connectivity index (χ4n) is 3.03. The fourth-order valence-corrected chi connectivity index (χ4v) is 3.63. The molecule has 2 amide bonds. The van der Waals surface area contributed by atoms with E-state index in [9.17, 15) is 9.59 Å². The van der Waals surface area contributed by atoms with Crippen LogP contribution in [0.1, 0.15) is 34.0 Å². The zero-order valence-corrected chi connectivity index (χ0v) is 18.8. The van der Waals surface area contributed by atoms with E-state index in [0.29, 0.717) is 28.1 Å². The highest BCUT2D eigenvalue weighted by Gasteiger charge is 2.16. The van der Waals surface area contributed by atoms with Gasteiger partial charge in [0.1, 0.15) is 0 Å². The zero-order chi connectivity index (χ0) is 21.6. The molecule has 0 aliphatic carbocycles. The van der Waals surface area contributed by atoms with Gasteiger partial charge in [-0.1, -0.05) is 17.7 Å². The predicted octanol–water partition coefficient (Wildman–Crippen LogP) is 3.65. The number of nitrogens with one attached hydrogen (secondary N) is 3. The number of anilines is 1. The van der Waals surface area contributed by atoms with E-state index >= 15 is 0 Å². The van der Waals surface area contributed by atoms with Crippen LogP contribution in [0.15, 0.2) is 28.7 Å². The number of carbonyl (C=O) groups is 2. The van der Waals surface area contributed by atoms with Crippen molar-refractivity contribution in [2.75, 3.05) is 25.6 Å². The molecule has 0 unspecified atom stereocenters. The van der Waals surface area contributed by atoms with Gasteiger partial charge in [-0.15, -0.1) is 0 Å². The lowest BCUT2D eigenvalue weighted by atomic mass is 10.1. The van der Waals surface area contributed by atoms with Gasteiger partial charge in [-0.2, -0.15) is 0 Å². The quantitative estimate of drug-likeness (QED) is 0.545. The molecule has 2 aromatic rings. The largest absolute Gasteiger partial charge is 0.492 e. The summed E-state index contributed by atoms with van der Waals surface area (Å²) >= 11 is 3.36. The van der Waals surface area contributed by atoms with Crippen LogP contribution in [0.4, 0.5) is 5.69 Å². The molecule has 156 valence electrons. The average molecular weight is 464 g/mol. The molecule has 0 bridgehead atoms. The number of carbonyl (C=O) groups excluding carboxylic acids is 2. The number of rotatable bonds is 7. The van der Waals surface area contributed by atoms with Crippen LogP contribution in [0.2, 0.25) is 0 Å². The third-order valence-electron chi connectivity index (χ3n) is 4.19. The van der Waals surface area contributed by atoms with E-state index in [0.717, 1.165) is 16.8 Å². The summed E-state index contributed by atoms with van der Waals surface area (Å²) in [6.07, 6.45) is 0. The molecule has 0 radical (unpaired) electrons. The molecule has 0 saturated heterocycles. The lowest BCUT2D eigenvalue weighted by Gasteiger charge is -2.15. The number of aryl methyl sites for hydroxylation is 3. The minimum Gasteiger partial charge on any atom is -0.492 e. The molecule has 0 saturated carbocycles. The minimum absolute atomic E-state index is 0.0293. The Balaban J connectivity index is 1.98. The number of halogens is 1. The number of hydrogen-bond acceptors (Lipinski definition) is 5. The predicted molar refractivity (Wildman–Crippen MR) is 117 cm³/mol. The molecular formula is C21H26BrN3O4. The number of benzene rings is 2. The van der Waals surface area contributed by atoms with Crippen molar-refractivity contribution in [2.45, 2.75) is 27.7 Å². The van der Waals surface area contributed by atoms with Gasteiger partial charge < -0.3 is 14.8 Å². The van der Waals surface area contributed by atoms with Gasteiger partial charge in [0.15, 0.2) is 11.5 Å². The lowest BCUT2D eigenvalue weighted by Crippen LogP contribution is -2.44. The van der Waals surface area contributed by atoms with Gasteiger partial charge >= 0.3 is 0 Å². The van der Waals surface area contributed by atoms with Gasteiger partial charge in [-0.05, 0) is 66.9 Å². The first kappa shape index (κ1) is 22.5. The summed E-state index contributed by atoms with van der Waals surface area (Å²) in [6, 6.07) is 7.25. The zero-order valence-electron chi connectivity index (χ0n) is 17.2. The first-order chi connectivity index (χ1) is 13.8. The first-order valence-electron chi connectivity index (χ1n) is 9.18. The topological polar surface area (TPSA) is 88.7 Å². The highest BCUT2D eigenvalue weighted by Crippen LogP contribution is 2.36. The van der Waals surface area contributed by atoms with E-state index in [2.05, 4.69) is 32.1 Å². The average Bonchev–Trinajstić information content (AvgIpc) is 2.65. The van der Waals surface area contributed by atoms with Crippen LogP contribution in [-0.4, -0.2) is 32.1 Å². The molecule has 0 spiro atoms. The molecule has 0 aromatic heterocycles. The highest BCUT2D eigenvalue weighted by atomic mass is 79.9. The summed E-state index contributed by atoms with van der Waals surface area (Å²) in [7, 11) is 1.52. The van der Waals surface area contributed by atoms with Gasteiger partial charge in [0.05, 0.1) is 24.7 Å². The molecule has 29 heavy (non-hydrogen) atoms. The molecule has 8 heteroatoms. The second-order valence-corrected chi connectivity index (χ2v) is 7.41. The summed E-state index contributed by atoms with van der Waals surface area (Å²) in [5.41, 5.74) is 9.35. The maximum absolute atomic E-state index is 12.4. The second kappa shape index (κ2) is 10.2. The third kappa shape index (κ3) is 5.87. The number of hydrazine groups is 1. The van der Waals surface area contributed by atoms with Crippen molar-refractivity contribution < 1.29 is 19.1 Å². The molecule has 7 nitrogen and oxygen atoms in total. The Morgan fingerprint density at radius 3 is 2.28 bits per heavy atom. The Morgan fingerprint density at radius 2 is 1.69 bits per heavy atom. The molecule has 3 N–H and O–H groups in total. The van der Waals surface area contributed by atoms with Gasteiger partial charge in [-0.25, -0.2) is 0 Å². The Morgan fingerprint density at radius 1 is 1.03 bits per heavy atom. The van der Waals surface area contributed by atoms with Crippen LogP contribution in [0, 0.1) is 20.8 Å².